The Bertz CT molecular complexity index is 553. The van der Waals surface area contributed by atoms with Crippen molar-refractivity contribution >= 4 is 0 Å². The molecule has 2 rings (SSSR count). The van der Waals surface area contributed by atoms with Gasteiger partial charge >= 0.3 is 17.6 Å². The summed E-state index contributed by atoms with van der Waals surface area (Å²) in [4.78, 5) is 18.8. The molecule has 0 amide bonds. The average molecular weight is 307 g/mol. The first kappa shape index (κ1) is 15.7. The number of methoxy groups -OCH3 is 3. The minimum Gasteiger partial charge on any atom is -0.467 e. The van der Waals surface area contributed by atoms with Crippen molar-refractivity contribution in [3.05, 3.63) is 16.8 Å². The molecule has 118 valence electrons. The molecule has 0 bridgehead atoms. The third-order valence-corrected chi connectivity index (χ3v) is 3.07. The Morgan fingerprint density at radius 1 is 1.43 bits per heavy atom. The van der Waals surface area contributed by atoms with Crippen molar-refractivity contribution in [3.8, 4) is 6.01 Å². The van der Waals surface area contributed by atoms with E-state index >= 15 is 0 Å². The van der Waals surface area contributed by atoms with Crippen LogP contribution in [0.15, 0.2) is 11.1 Å². The van der Waals surface area contributed by atoms with E-state index in [0.29, 0.717) is 4.57 Å². The van der Waals surface area contributed by atoms with Gasteiger partial charge in [-0.15, -0.1) is 4.98 Å². The van der Waals surface area contributed by atoms with Crippen LogP contribution in [0, 0.1) is 0 Å². The molecule has 8 nitrogen and oxygen atoms in total. The zero-order valence-electron chi connectivity index (χ0n) is 11.7. The lowest BCUT2D eigenvalue weighted by Crippen LogP contribution is -2.43. The van der Waals surface area contributed by atoms with Crippen LogP contribution in [-0.2, 0) is 14.2 Å². The summed E-state index contributed by atoms with van der Waals surface area (Å²) in [5.41, 5.74) is -0.959. The minimum absolute atomic E-state index is 0.101. The maximum absolute atomic E-state index is 14.3. The number of hydrogen-bond donors (Lipinski definition) is 0. The van der Waals surface area contributed by atoms with Gasteiger partial charge in [0.05, 0.1) is 13.7 Å². The van der Waals surface area contributed by atoms with Gasteiger partial charge in [0.2, 0.25) is 6.23 Å². The third-order valence-electron chi connectivity index (χ3n) is 3.07. The monoisotopic (exact) mass is 307 g/mol. The molecule has 21 heavy (non-hydrogen) atoms. The fourth-order valence-electron chi connectivity index (χ4n) is 2.16. The molecule has 0 aromatic carbocycles. The SMILES string of the molecule is COC[C@H]1O[C@@H](n2cnc(OC)nc2=O)C(F)(F)C1OC. The van der Waals surface area contributed by atoms with E-state index in [-0.39, 0.29) is 12.6 Å². The molecule has 1 aliphatic rings. The van der Waals surface area contributed by atoms with Crippen molar-refractivity contribution in [1.82, 2.24) is 14.5 Å². The van der Waals surface area contributed by atoms with E-state index in [1.165, 1.54) is 14.2 Å². The standard InChI is InChI=1S/C11H15F2N3O5/c1-18-4-6-7(19-2)11(12,13)8(21-6)16-5-14-9(20-3)15-10(16)17/h5-8H,4H2,1-3H3/t6-,7?,8-/m1/s1. The number of nitrogens with zero attached hydrogens (tertiary/aromatic N) is 3. The molecule has 0 spiro atoms. The van der Waals surface area contributed by atoms with Crippen LogP contribution in [0.2, 0.25) is 0 Å². The van der Waals surface area contributed by atoms with Crippen LogP contribution in [0.1, 0.15) is 6.23 Å². The van der Waals surface area contributed by atoms with Crippen LogP contribution in [-0.4, -0.2) is 60.6 Å². The summed E-state index contributed by atoms with van der Waals surface area (Å²) in [5, 5.41) is 0. The lowest BCUT2D eigenvalue weighted by Gasteiger charge is -2.22. The van der Waals surface area contributed by atoms with E-state index in [1.807, 2.05) is 0 Å². The summed E-state index contributed by atoms with van der Waals surface area (Å²) in [6.07, 6.45) is -3.54. The number of alkyl halides is 2. The summed E-state index contributed by atoms with van der Waals surface area (Å²) < 4.78 is 48.8. The molecular formula is C11H15F2N3O5. The molecule has 1 aromatic heterocycles. The Morgan fingerprint density at radius 3 is 2.67 bits per heavy atom. The van der Waals surface area contributed by atoms with E-state index in [9.17, 15) is 13.6 Å². The van der Waals surface area contributed by atoms with Crippen LogP contribution in [0.4, 0.5) is 8.78 Å². The molecule has 1 aliphatic heterocycles. The van der Waals surface area contributed by atoms with E-state index in [2.05, 4.69) is 14.7 Å². The van der Waals surface area contributed by atoms with Gasteiger partial charge in [0, 0.05) is 14.2 Å². The molecule has 1 saturated heterocycles. The summed E-state index contributed by atoms with van der Waals surface area (Å²) in [6, 6.07) is -0.214. The first-order chi connectivity index (χ1) is 9.95. The predicted molar refractivity (Wildman–Crippen MR) is 64.4 cm³/mol. The van der Waals surface area contributed by atoms with Crippen LogP contribution < -0.4 is 10.4 Å². The second-order valence-electron chi connectivity index (χ2n) is 4.35. The summed E-state index contributed by atoms with van der Waals surface area (Å²) in [7, 11) is 3.75. The van der Waals surface area contributed by atoms with Crippen LogP contribution in [0.3, 0.4) is 0 Å². The van der Waals surface area contributed by atoms with Gasteiger partial charge in [-0.25, -0.2) is 9.36 Å². The fraction of sp³-hybridized carbons (Fsp3) is 0.727. The van der Waals surface area contributed by atoms with Crippen LogP contribution >= 0.6 is 0 Å². The Kier molecular flexibility index (Phi) is 4.49. The molecule has 1 fully saturated rings. The maximum Gasteiger partial charge on any atom is 0.355 e. The molecular weight excluding hydrogens is 292 g/mol. The number of ether oxygens (including phenoxy) is 4. The zero-order valence-corrected chi connectivity index (χ0v) is 11.7. The van der Waals surface area contributed by atoms with Crippen molar-refractivity contribution in [3.63, 3.8) is 0 Å². The Hall–Kier alpha value is -1.65. The normalized spacial score (nSPS) is 27.8. The van der Waals surface area contributed by atoms with Gasteiger partial charge in [-0.2, -0.15) is 13.8 Å². The lowest BCUT2D eigenvalue weighted by atomic mass is 10.1. The first-order valence-corrected chi connectivity index (χ1v) is 5.99. The minimum atomic E-state index is -3.44. The molecule has 0 aliphatic carbocycles. The highest BCUT2D eigenvalue weighted by atomic mass is 19.3. The van der Waals surface area contributed by atoms with Gasteiger partial charge in [0.1, 0.15) is 12.4 Å². The molecule has 10 heteroatoms. The average Bonchev–Trinajstić information content (AvgIpc) is 2.69. The van der Waals surface area contributed by atoms with Crippen molar-refractivity contribution in [2.75, 3.05) is 27.9 Å². The van der Waals surface area contributed by atoms with Crippen molar-refractivity contribution in [1.29, 1.82) is 0 Å². The van der Waals surface area contributed by atoms with Crippen molar-refractivity contribution < 1.29 is 27.7 Å². The second kappa shape index (κ2) is 6.00. The highest BCUT2D eigenvalue weighted by Gasteiger charge is 2.60. The van der Waals surface area contributed by atoms with Gasteiger partial charge in [0.15, 0.2) is 6.10 Å². The van der Waals surface area contributed by atoms with E-state index < -0.39 is 30.0 Å². The third kappa shape index (κ3) is 2.74. The molecule has 3 atom stereocenters. The number of rotatable bonds is 5. The smallest absolute Gasteiger partial charge is 0.355 e. The predicted octanol–water partition coefficient (Wildman–Crippen LogP) is -0.159. The Labute approximate surface area is 118 Å². The van der Waals surface area contributed by atoms with E-state index in [4.69, 9.17) is 14.2 Å². The molecule has 1 unspecified atom stereocenters. The topological polar surface area (TPSA) is 84.7 Å². The van der Waals surface area contributed by atoms with Gasteiger partial charge in [-0.05, 0) is 0 Å². The van der Waals surface area contributed by atoms with Gasteiger partial charge in [-0.3, -0.25) is 0 Å². The van der Waals surface area contributed by atoms with Crippen molar-refractivity contribution in [2.45, 2.75) is 24.4 Å². The summed E-state index contributed by atoms with van der Waals surface area (Å²) >= 11 is 0. The molecule has 0 N–H and O–H groups in total. The number of halogens is 2. The highest BCUT2D eigenvalue weighted by molar-refractivity contribution is 4.99. The number of hydrogen-bond acceptors (Lipinski definition) is 7. The van der Waals surface area contributed by atoms with Crippen LogP contribution in [0.25, 0.3) is 0 Å². The highest BCUT2D eigenvalue weighted by Crippen LogP contribution is 2.43. The Morgan fingerprint density at radius 2 is 2.14 bits per heavy atom. The quantitative estimate of drug-likeness (QED) is 0.747. The van der Waals surface area contributed by atoms with Crippen LogP contribution in [0.5, 0.6) is 6.01 Å². The summed E-state index contributed by atoms with van der Waals surface area (Å²) in [5.74, 6) is -3.44. The maximum atomic E-state index is 14.3. The van der Waals surface area contributed by atoms with Gasteiger partial charge in [-0.1, -0.05) is 0 Å². The first-order valence-electron chi connectivity index (χ1n) is 5.99. The van der Waals surface area contributed by atoms with Crippen molar-refractivity contribution in [2.24, 2.45) is 0 Å². The van der Waals surface area contributed by atoms with E-state index in [1.54, 1.807) is 0 Å². The largest absolute Gasteiger partial charge is 0.467 e. The molecule has 2 heterocycles. The van der Waals surface area contributed by atoms with Gasteiger partial charge < -0.3 is 18.9 Å². The fourth-order valence-corrected chi connectivity index (χ4v) is 2.16. The van der Waals surface area contributed by atoms with E-state index in [0.717, 1.165) is 13.4 Å². The lowest BCUT2D eigenvalue weighted by molar-refractivity contribution is -0.147. The Balaban J connectivity index is 2.37. The van der Waals surface area contributed by atoms with Gasteiger partial charge in [0.25, 0.3) is 0 Å². The summed E-state index contributed by atoms with van der Waals surface area (Å²) in [6.45, 7) is -0.101. The molecule has 1 aromatic rings. The zero-order chi connectivity index (χ0) is 15.6. The molecule has 0 radical (unpaired) electrons. The second-order valence-corrected chi connectivity index (χ2v) is 4.35. The molecule has 0 saturated carbocycles. The number of aromatic nitrogens is 3.